The van der Waals surface area contributed by atoms with E-state index in [0.717, 1.165) is 41.3 Å². The Kier molecular flexibility index (Phi) is 5.50. The van der Waals surface area contributed by atoms with Gasteiger partial charge in [0.1, 0.15) is 17.5 Å². The molecule has 5 nitrogen and oxygen atoms in total. The van der Waals surface area contributed by atoms with Gasteiger partial charge in [0, 0.05) is 30.9 Å². The number of hydrogen-bond donors (Lipinski definition) is 1. The van der Waals surface area contributed by atoms with Gasteiger partial charge in [-0.15, -0.1) is 0 Å². The van der Waals surface area contributed by atoms with E-state index in [2.05, 4.69) is 10.3 Å². The molecule has 0 radical (unpaired) electrons. The van der Waals surface area contributed by atoms with Gasteiger partial charge >= 0.3 is 0 Å². The Morgan fingerprint density at radius 3 is 2.47 bits per heavy atom. The van der Waals surface area contributed by atoms with Crippen molar-refractivity contribution in [3.8, 4) is 11.3 Å². The highest BCUT2D eigenvalue weighted by atomic mass is 19.1. The number of carbonyl (C=O) groups is 3. The number of aromatic nitrogens is 1. The van der Waals surface area contributed by atoms with Gasteiger partial charge in [-0.3, -0.25) is 19.4 Å². The highest BCUT2D eigenvalue weighted by molar-refractivity contribution is 6.15. The van der Waals surface area contributed by atoms with Crippen molar-refractivity contribution in [2.24, 2.45) is 11.8 Å². The van der Waals surface area contributed by atoms with E-state index in [1.54, 1.807) is 6.07 Å². The van der Waals surface area contributed by atoms with E-state index in [4.69, 9.17) is 0 Å². The van der Waals surface area contributed by atoms with E-state index in [-0.39, 0.29) is 30.3 Å². The van der Waals surface area contributed by atoms with Crippen molar-refractivity contribution in [2.75, 3.05) is 6.54 Å². The molecule has 156 valence electrons. The SMILES string of the molecule is Cc1cc(-c2ccc(F)cn2)cc(C)c1C1C(=O)CC(CC(=O)NCC2CC2)C1=O. The Morgan fingerprint density at radius 1 is 1.17 bits per heavy atom. The van der Waals surface area contributed by atoms with Gasteiger partial charge in [0.25, 0.3) is 0 Å². The zero-order valence-electron chi connectivity index (χ0n) is 17.2. The molecule has 1 N–H and O–H groups in total. The molecule has 1 heterocycles. The second kappa shape index (κ2) is 8.09. The zero-order valence-corrected chi connectivity index (χ0v) is 17.2. The Hall–Kier alpha value is -2.89. The van der Waals surface area contributed by atoms with Gasteiger partial charge in [-0.25, -0.2) is 4.39 Å². The summed E-state index contributed by atoms with van der Waals surface area (Å²) in [6, 6.07) is 6.70. The van der Waals surface area contributed by atoms with Crippen LogP contribution in [0.25, 0.3) is 11.3 Å². The molecular weight excluding hydrogens is 383 g/mol. The highest BCUT2D eigenvalue weighted by Crippen LogP contribution is 2.38. The molecule has 0 aliphatic heterocycles. The van der Waals surface area contributed by atoms with Gasteiger partial charge in [-0.05, 0) is 73.6 Å². The van der Waals surface area contributed by atoms with Crippen molar-refractivity contribution in [1.82, 2.24) is 10.3 Å². The van der Waals surface area contributed by atoms with Gasteiger partial charge in [-0.2, -0.15) is 0 Å². The first-order valence-electron chi connectivity index (χ1n) is 10.4. The van der Waals surface area contributed by atoms with Gasteiger partial charge in [0.05, 0.1) is 11.9 Å². The largest absolute Gasteiger partial charge is 0.356 e. The Labute approximate surface area is 175 Å². The molecule has 1 amide bonds. The minimum atomic E-state index is -0.818. The van der Waals surface area contributed by atoms with Gasteiger partial charge in [-0.1, -0.05) is 0 Å². The lowest BCUT2D eigenvalue weighted by molar-refractivity contribution is -0.128. The van der Waals surface area contributed by atoms with Crippen LogP contribution in [-0.2, 0) is 14.4 Å². The van der Waals surface area contributed by atoms with Crippen LogP contribution in [0.2, 0.25) is 0 Å². The molecule has 2 fully saturated rings. The maximum Gasteiger partial charge on any atom is 0.220 e. The predicted molar refractivity (Wildman–Crippen MR) is 110 cm³/mol. The Morgan fingerprint density at radius 2 is 1.87 bits per heavy atom. The molecule has 2 aromatic rings. The summed E-state index contributed by atoms with van der Waals surface area (Å²) in [6.07, 6.45) is 3.64. The highest BCUT2D eigenvalue weighted by Gasteiger charge is 2.44. The van der Waals surface area contributed by atoms with E-state index in [1.165, 1.54) is 6.07 Å². The van der Waals surface area contributed by atoms with Crippen LogP contribution in [0.1, 0.15) is 48.3 Å². The molecule has 1 aromatic heterocycles. The monoisotopic (exact) mass is 408 g/mol. The van der Waals surface area contributed by atoms with Crippen molar-refractivity contribution < 1.29 is 18.8 Å². The summed E-state index contributed by atoms with van der Waals surface area (Å²) in [5.74, 6) is -1.65. The van der Waals surface area contributed by atoms with Crippen molar-refractivity contribution in [3.63, 3.8) is 0 Å². The van der Waals surface area contributed by atoms with Crippen molar-refractivity contribution in [3.05, 3.63) is 53.0 Å². The summed E-state index contributed by atoms with van der Waals surface area (Å²) in [5, 5.41) is 2.88. The van der Waals surface area contributed by atoms with Gasteiger partial charge < -0.3 is 5.32 Å². The molecule has 0 saturated heterocycles. The first-order valence-corrected chi connectivity index (χ1v) is 10.4. The van der Waals surface area contributed by atoms with Crippen LogP contribution in [-0.4, -0.2) is 29.0 Å². The summed E-state index contributed by atoms with van der Waals surface area (Å²) >= 11 is 0. The average Bonchev–Trinajstić information content (AvgIpc) is 3.48. The van der Waals surface area contributed by atoms with Crippen LogP contribution < -0.4 is 5.32 Å². The molecule has 0 spiro atoms. The number of nitrogens with zero attached hydrogens (tertiary/aromatic N) is 1. The summed E-state index contributed by atoms with van der Waals surface area (Å²) in [7, 11) is 0. The third-order valence-corrected chi connectivity index (χ3v) is 6.08. The predicted octanol–water partition coefficient (Wildman–Crippen LogP) is 3.66. The van der Waals surface area contributed by atoms with Crippen molar-refractivity contribution in [1.29, 1.82) is 0 Å². The molecule has 2 atom stereocenters. The number of benzene rings is 1. The molecule has 2 aliphatic carbocycles. The van der Waals surface area contributed by atoms with Crippen LogP contribution >= 0.6 is 0 Å². The normalized spacial score (nSPS) is 21.2. The Balaban J connectivity index is 1.53. The standard InChI is InChI=1S/C24H25FN2O3/c1-13-7-16(19-6-5-18(25)12-26-19)8-14(2)22(13)23-20(28)9-17(24(23)30)10-21(29)27-11-15-3-4-15/h5-8,12,15,17,23H,3-4,9-11H2,1-2H3,(H,27,29). The van der Waals surface area contributed by atoms with E-state index < -0.39 is 17.7 Å². The topological polar surface area (TPSA) is 76.1 Å². The first-order chi connectivity index (χ1) is 14.3. The van der Waals surface area contributed by atoms with E-state index in [0.29, 0.717) is 18.2 Å². The first kappa shape index (κ1) is 20.4. The number of halogens is 1. The molecule has 2 unspecified atom stereocenters. The lowest BCUT2D eigenvalue weighted by atomic mass is 9.85. The number of amides is 1. The minimum Gasteiger partial charge on any atom is -0.356 e. The molecule has 0 bridgehead atoms. The number of rotatable bonds is 6. The number of aryl methyl sites for hydroxylation is 2. The molecule has 2 aliphatic rings. The fraction of sp³-hybridized carbons (Fsp3) is 0.417. The summed E-state index contributed by atoms with van der Waals surface area (Å²) in [4.78, 5) is 42.1. The number of Topliss-reactive ketones (excluding diaryl/α,β-unsaturated/α-hetero) is 2. The number of pyridine rings is 1. The smallest absolute Gasteiger partial charge is 0.220 e. The molecule has 2 saturated carbocycles. The van der Waals surface area contributed by atoms with Crippen molar-refractivity contribution >= 4 is 17.5 Å². The number of hydrogen-bond acceptors (Lipinski definition) is 4. The van der Waals surface area contributed by atoms with Crippen LogP contribution in [0.3, 0.4) is 0 Å². The summed E-state index contributed by atoms with van der Waals surface area (Å²) < 4.78 is 13.2. The lowest BCUT2D eigenvalue weighted by Crippen LogP contribution is -2.29. The molecule has 30 heavy (non-hydrogen) atoms. The fourth-order valence-corrected chi connectivity index (χ4v) is 4.33. The molecule has 6 heteroatoms. The molecule has 4 rings (SSSR count). The van der Waals surface area contributed by atoms with E-state index in [1.807, 2.05) is 26.0 Å². The van der Waals surface area contributed by atoms with Crippen molar-refractivity contribution in [2.45, 2.75) is 45.4 Å². The zero-order chi connectivity index (χ0) is 21.4. The minimum absolute atomic E-state index is 0.0729. The van der Waals surface area contributed by atoms with E-state index >= 15 is 0 Å². The fourth-order valence-electron chi connectivity index (χ4n) is 4.33. The van der Waals surface area contributed by atoms with Gasteiger partial charge in [0.2, 0.25) is 5.91 Å². The third-order valence-electron chi connectivity index (χ3n) is 6.08. The second-order valence-corrected chi connectivity index (χ2v) is 8.54. The maximum atomic E-state index is 13.2. The lowest BCUT2D eigenvalue weighted by Gasteiger charge is -2.17. The molecular formula is C24H25FN2O3. The summed E-state index contributed by atoms with van der Waals surface area (Å²) in [5.41, 5.74) is 3.80. The number of nitrogens with one attached hydrogen (secondary N) is 1. The molecule has 1 aromatic carbocycles. The Bertz CT molecular complexity index is 989. The van der Waals surface area contributed by atoms with Crippen LogP contribution in [0.4, 0.5) is 4.39 Å². The van der Waals surface area contributed by atoms with E-state index in [9.17, 15) is 18.8 Å². The van der Waals surface area contributed by atoms with Crippen LogP contribution in [0, 0.1) is 31.5 Å². The van der Waals surface area contributed by atoms with Crippen LogP contribution in [0.5, 0.6) is 0 Å². The average molecular weight is 408 g/mol. The number of carbonyl (C=O) groups excluding carboxylic acids is 3. The quantitative estimate of drug-likeness (QED) is 0.740. The van der Waals surface area contributed by atoms with Gasteiger partial charge in [0.15, 0.2) is 5.78 Å². The maximum absolute atomic E-state index is 13.2. The van der Waals surface area contributed by atoms with Crippen LogP contribution in [0.15, 0.2) is 30.5 Å². The third kappa shape index (κ3) is 4.18. The second-order valence-electron chi connectivity index (χ2n) is 8.54. The number of ketones is 2. The summed E-state index contributed by atoms with van der Waals surface area (Å²) in [6.45, 7) is 4.39.